The first-order valence-corrected chi connectivity index (χ1v) is 20.3. The molecule has 6 aliphatic rings. The number of aliphatic hydroxyl groups is 8. The average Bonchev–Trinajstić information content (AvgIpc) is 3.47. The Kier molecular flexibility index (Phi) is 11.8. The molecular weight excluding hydrogens is 684 g/mol. The van der Waals surface area contributed by atoms with E-state index in [0.29, 0.717) is 31.1 Å². The summed E-state index contributed by atoms with van der Waals surface area (Å²) >= 11 is 0. The van der Waals surface area contributed by atoms with E-state index in [1.807, 2.05) is 20.8 Å². The lowest BCUT2D eigenvalue weighted by Gasteiger charge is -2.70. The van der Waals surface area contributed by atoms with Crippen molar-refractivity contribution in [2.45, 2.75) is 186 Å². The molecule has 4 aliphatic carbocycles. The first-order chi connectivity index (χ1) is 24.6. The molecule has 0 aromatic heterocycles. The summed E-state index contributed by atoms with van der Waals surface area (Å²) in [4.78, 5) is 0. The molecule has 306 valence electrons. The lowest BCUT2D eigenvalue weighted by Crippen LogP contribution is -2.67. The van der Waals surface area contributed by atoms with E-state index < -0.39 is 67.0 Å². The summed E-state index contributed by atoms with van der Waals surface area (Å²) in [5, 5.41) is 87.0. The maximum Gasteiger partial charge on any atom is 0.187 e. The Hall–Kier alpha value is -0.740. The van der Waals surface area contributed by atoms with E-state index in [9.17, 15) is 40.9 Å². The molecule has 6 fully saturated rings. The summed E-state index contributed by atoms with van der Waals surface area (Å²) in [7, 11) is 0. The van der Waals surface area contributed by atoms with Crippen molar-refractivity contribution in [2.24, 2.45) is 45.3 Å². The molecule has 12 heteroatoms. The molecular formula is C41H70O12. The van der Waals surface area contributed by atoms with Crippen molar-refractivity contribution in [1.82, 2.24) is 0 Å². The van der Waals surface area contributed by atoms with Gasteiger partial charge in [0.2, 0.25) is 0 Å². The molecule has 8 N–H and O–H groups in total. The number of hydrogen-bond acceptors (Lipinski definition) is 12. The number of hydrogen-bond donors (Lipinski definition) is 8. The Balaban J connectivity index is 1.26. The highest BCUT2D eigenvalue weighted by Crippen LogP contribution is 2.76. The average molecular weight is 755 g/mol. The minimum Gasteiger partial charge on any atom is -0.393 e. The molecule has 10 unspecified atom stereocenters. The zero-order valence-electron chi connectivity index (χ0n) is 33.2. The smallest absolute Gasteiger partial charge is 0.187 e. The second-order valence-corrected chi connectivity index (χ2v) is 19.7. The van der Waals surface area contributed by atoms with Crippen molar-refractivity contribution < 1.29 is 59.8 Å². The molecule has 12 nitrogen and oxygen atoms in total. The van der Waals surface area contributed by atoms with Gasteiger partial charge in [-0.25, -0.2) is 0 Å². The van der Waals surface area contributed by atoms with E-state index in [2.05, 4.69) is 40.7 Å². The normalized spacial score (nSPS) is 52.1. The van der Waals surface area contributed by atoms with E-state index in [1.165, 1.54) is 0 Å². The Morgan fingerprint density at radius 2 is 1.42 bits per heavy atom. The maximum absolute atomic E-state index is 12.4. The quantitative estimate of drug-likeness (QED) is 0.161. The van der Waals surface area contributed by atoms with Gasteiger partial charge in [-0.2, -0.15) is 0 Å². The van der Waals surface area contributed by atoms with Crippen molar-refractivity contribution in [2.75, 3.05) is 13.2 Å². The molecule has 0 radical (unpaired) electrons. The maximum atomic E-state index is 12.4. The highest BCUT2D eigenvalue weighted by Gasteiger charge is 2.71. The molecule has 6 rings (SSSR count). The zero-order chi connectivity index (χ0) is 39.1. The molecule has 2 aliphatic heterocycles. The van der Waals surface area contributed by atoms with Crippen LogP contribution >= 0.6 is 0 Å². The van der Waals surface area contributed by atoms with Crippen LogP contribution in [-0.4, -0.2) is 127 Å². The van der Waals surface area contributed by atoms with E-state index >= 15 is 0 Å². The van der Waals surface area contributed by atoms with Gasteiger partial charge < -0.3 is 59.8 Å². The van der Waals surface area contributed by atoms with Crippen LogP contribution in [0.15, 0.2) is 11.6 Å². The van der Waals surface area contributed by atoms with E-state index in [0.717, 1.165) is 44.1 Å². The summed E-state index contributed by atoms with van der Waals surface area (Å²) in [5.74, 6) is 0.469. The molecule has 19 atom stereocenters. The van der Waals surface area contributed by atoms with Crippen LogP contribution in [0.25, 0.3) is 0 Å². The second kappa shape index (κ2) is 14.9. The van der Waals surface area contributed by atoms with Gasteiger partial charge in [0.25, 0.3) is 0 Å². The molecule has 0 aromatic rings. The van der Waals surface area contributed by atoms with Crippen molar-refractivity contribution in [3.8, 4) is 0 Å². The van der Waals surface area contributed by atoms with Gasteiger partial charge in [-0.3, -0.25) is 0 Å². The summed E-state index contributed by atoms with van der Waals surface area (Å²) in [6, 6.07) is 0. The molecule has 0 amide bonds. The van der Waals surface area contributed by atoms with Crippen LogP contribution in [0.3, 0.4) is 0 Å². The van der Waals surface area contributed by atoms with Crippen LogP contribution in [0.2, 0.25) is 0 Å². The molecule has 2 heterocycles. The fourth-order valence-corrected chi connectivity index (χ4v) is 12.9. The Morgan fingerprint density at radius 1 is 0.755 bits per heavy atom. The Bertz CT molecular complexity index is 1320. The molecule has 53 heavy (non-hydrogen) atoms. The van der Waals surface area contributed by atoms with Crippen LogP contribution in [0.5, 0.6) is 0 Å². The van der Waals surface area contributed by atoms with Gasteiger partial charge in [-0.1, -0.05) is 46.3 Å². The lowest BCUT2D eigenvalue weighted by atomic mass is 9.35. The highest BCUT2D eigenvalue weighted by molar-refractivity contribution is 5.20. The Labute approximate surface area is 315 Å². The van der Waals surface area contributed by atoms with Crippen molar-refractivity contribution in [1.29, 1.82) is 0 Å². The van der Waals surface area contributed by atoms with E-state index in [1.54, 1.807) is 0 Å². The second-order valence-electron chi connectivity index (χ2n) is 19.7. The number of fused-ring (bicyclic) bond motifs is 5. The summed E-state index contributed by atoms with van der Waals surface area (Å²) in [6.45, 7) is 17.2. The summed E-state index contributed by atoms with van der Waals surface area (Å²) < 4.78 is 24.1. The fraction of sp³-hybridized carbons (Fsp3) is 0.951. The number of allylic oxidation sites excluding steroid dienone is 2. The predicted octanol–water partition coefficient (Wildman–Crippen LogP) is 2.79. The molecule has 0 bridgehead atoms. The summed E-state index contributed by atoms with van der Waals surface area (Å²) in [5.41, 5.74) is -0.185. The lowest BCUT2D eigenvalue weighted by molar-refractivity contribution is -0.345. The van der Waals surface area contributed by atoms with Gasteiger partial charge in [-0.15, -0.1) is 0 Å². The first-order valence-electron chi connectivity index (χ1n) is 20.3. The van der Waals surface area contributed by atoms with Crippen LogP contribution in [0.4, 0.5) is 0 Å². The van der Waals surface area contributed by atoms with Crippen molar-refractivity contribution in [3.63, 3.8) is 0 Å². The minimum atomic E-state index is -1.63. The highest BCUT2D eigenvalue weighted by atomic mass is 16.7. The molecule has 0 spiro atoms. The minimum absolute atomic E-state index is 0.00324. The Morgan fingerprint density at radius 3 is 2.09 bits per heavy atom. The van der Waals surface area contributed by atoms with Gasteiger partial charge >= 0.3 is 0 Å². The topological polar surface area (TPSA) is 199 Å². The monoisotopic (exact) mass is 754 g/mol. The third-order valence-corrected chi connectivity index (χ3v) is 16.3. The summed E-state index contributed by atoms with van der Waals surface area (Å²) in [6.07, 6.45) is -4.18. The van der Waals surface area contributed by atoms with Gasteiger partial charge in [0.1, 0.15) is 42.7 Å². The first kappa shape index (κ1) is 41.9. The van der Waals surface area contributed by atoms with Gasteiger partial charge in [0.15, 0.2) is 12.6 Å². The van der Waals surface area contributed by atoms with E-state index in [-0.39, 0.29) is 52.8 Å². The predicted molar refractivity (Wildman–Crippen MR) is 195 cm³/mol. The standard InChI is InChI=1S/C41H70O12/c1-21(2)10-9-14-41(8,53-36-34(49)32(47)31(46)25(52-36)20-51-35-33(48)30(45)24(43)19-50-35)22-11-16-40(7)29(22)23(42)18-27-38(5)15-13-28(44)37(3,4)26(38)12-17-39(27,40)6/h10,22-36,42-49H,9,11-20H2,1-8H3/t22?,23?,24-,25-,26?,27?,28?,29?,30+,31-,32-,33-,34-,35+,36+,38?,39?,40?,41?/m1/s1. The zero-order valence-corrected chi connectivity index (χ0v) is 33.2. The molecule has 0 aromatic carbocycles. The van der Waals surface area contributed by atoms with Crippen LogP contribution < -0.4 is 0 Å². The van der Waals surface area contributed by atoms with Crippen LogP contribution in [0, 0.1) is 45.3 Å². The van der Waals surface area contributed by atoms with Crippen molar-refractivity contribution in [3.05, 3.63) is 11.6 Å². The molecule has 2 saturated heterocycles. The number of ether oxygens (including phenoxy) is 4. The number of rotatable bonds is 9. The SMILES string of the molecule is CC(C)=CCCC(C)(O[C@@H]1O[C@H](CO[C@@H]2OC[C@@H](O)[C@H](O)[C@H]2O)[C@@H](O)[C@@H](O)[C@H]1O)C1CCC2(C)C1C(O)CC1C3(C)CCC(O)C(C)(C)C3CCC12C. The molecule has 4 saturated carbocycles. The third-order valence-electron chi connectivity index (χ3n) is 16.3. The third kappa shape index (κ3) is 6.90. The van der Waals surface area contributed by atoms with Crippen LogP contribution in [0.1, 0.15) is 113 Å². The number of aliphatic hydroxyl groups excluding tert-OH is 8. The van der Waals surface area contributed by atoms with Crippen LogP contribution in [-0.2, 0) is 18.9 Å². The van der Waals surface area contributed by atoms with Gasteiger partial charge in [-0.05, 0) is 124 Å². The van der Waals surface area contributed by atoms with Crippen molar-refractivity contribution >= 4 is 0 Å². The van der Waals surface area contributed by atoms with Gasteiger partial charge in [0.05, 0.1) is 31.0 Å². The fourth-order valence-electron chi connectivity index (χ4n) is 12.9. The van der Waals surface area contributed by atoms with Gasteiger partial charge in [0, 0.05) is 0 Å². The largest absolute Gasteiger partial charge is 0.393 e. The van der Waals surface area contributed by atoms with E-state index in [4.69, 9.17) is 18.9 Å².